The maximum Gasteiger partial charge on any atom is 0.220 e. The van der Waals surface area contributed by atoms with Gasteiger partial charge in [-0.15, -0.1) is 0 Å². The van der Waals surface area contributed by atoms with E-state index in [0.717, 1.165) is 0 Å². The highest BCUT2D eigenvalue weighted by molar-refractivity contribution is 7.13. The third-order valence-corrected chi connectivity index (χ3v) is 3.24. The Balaban J connectivity index is 3.33. The molecule has 0 spiro atoms. The summed E-state index contributed by atoms with van der Waals surface area (Å²) in [7, 11) is 2.25. The molecule has 7 nitrogen and oxygen atoms in total. The minimum Gasteiger partial charge on any atom is -0.379 e. The monoisotopic (exact) mass is 360 g/mol. The average Bonchev–Trinajstić information content (AvgIpc) is 2.54. The van der Waals surface area contributed by atoms with Gasteiger partial charge in [0.15, 0.2) is 5.78 Å². The Morgan fingerprint density at radius 1 is 1.00 bits per heavy atom. The zero-order valence-corrected chi connectivity index (χ0v) is 15.6. The molecule has 0 saturated heterocycles. The van der Waals surface area contributed by atoms with Crippen molar-refractivity contribution in [2.75, 3.05) is 39.5 Å². The number of carbonyl (C=O) groups excluding carboxylic acids is 3. The van der Waals surface area contributed by atoms with Crippen molar-refractivity contribution in [3.8, 4) is 0 Å². The molecule has 1 amide bonds. The number of ether oxygens (including phenoxy) is 2. The second-order valence-electron chi connectivity index (χ2n) is 5.30. The molecular weight excluding hydrogens is 331 g/mol. The van der Waals surface area contributed by atoms with Crippen molar-refractivity contribution in [1.82, 2.24) is 10.4 Å². The molecule has 8 heteroatoms. The summed E-state index contributed by atoms with van der Waals surface area (Å²) in [5, 5.41) is 5.36. The van der Waals surface area contributed by atoms with Gasteiger partial charge in [-0.25, -0.2) is 0 Å². The Bertz CT molecular complexity index is 415. The van der Waals surface area contributed by atoms with Crippen LogP contribution in [0.2, 0.25) is 0 Å². The summed E-state index contributed by atoms with van der Waals surface area (Å²) in [6.45, 7) is 7.74. The average molecular weight is 360 g/mol. The van der Waals surface area contributed by atoms with Crippen LogP contribution in [0.25, 0.3) is 0 Å². The Hall–Kier alpha value is -1.14. The maximum atomic E-state index is 11.5. The van der Waals surface area contributed by atoms with E-state index in [1.165, 1.54) is 0 Å². The van der Waals surface area contributed by atoms with Gasteiger partial charge in [0, 0.05) is 32.4 Å². The number of hydrogen-bond acceptors (Lipinski definition) is 6. The highest BCUT2D eigenvalue weighted by Gasteiger charge is 2.05. The molecule has 0 heterocycles. The lowest BCUT2D eigenvalue weighted by Gasteiger charge is -2.07. The fourth-order valence-electron chi connectivity index (χ4n) is 1.68. The van der Waals surface area contributed by atoms with Crippen LogP contribution in [0.5, 0.6) is 0 Å². The van der Waals surface area contributed by atoms with Gasteiger partial charge in [0.25, 0.3) is 0 Å². The minimum absolute atomic E-state index is 0.00139. The number of Topliss-reactive ketones (excluding diaryl/α,β-unsaturated/α-hetero) is 2. The summed E-state index contributed by atoms with van der Waals surface area (Å²) in [6.07, 6.45) is 1.55. The highest BCUT2D eigenvalue weighted by atomic mass is 31.0. The third-order valence-electron chi connectivity index (χ3n) is 3.04. The molecule has 138 valence electrons. The lowest BCUT2D eigenvalue weighted by Crippen LogP contribution is -2.28. The molecule has 0 rings (SSSR count). The summed E-state index contributed by atoms with van der Waals surface area (Å²) < 4.78 is 10.7. The Morgan fingerprint density at radius 3 is 2.29 bits per heavy atom. The van der Waals surface area contributed by atoms with Gasteiger partial charge in [0.1, 0.15) is 5.78 Å². The van der Waals surface area contributed by atoms with Gasteiger partial charge in [0.2, 0.25) is 5.91 Å². The molecule has 24 heavy (non-hydrogen) atoms. The van der Waals surface area contributed by atoms with Gasteiger partial charge in [-0.3, -0.25) is 19.5 Å². The first-order valence-electron chi connectivity index (χ1n) is 8.03. The molecule has 0 fully saturated rings. The number of carbonyl (C=O) groups is 3. The van der Waals surface area contributed by atoms with Crippen molar-refractivity contribution >= 4 is 26.9 Å². The number of ketones is 2. The molecule has 0 aliphatic heterocycles. The molecule has 0 aliphatic carbocycles. The van der Waals surface area contributed by atoms with Crippen molar-refractivity contribution in [2.45, 2.75) is 32.6 Å². The standard InChI is InChI=1S/C16H29N2O5P/c1-13(2)15(20)4-3-8-22-10-11-23-9-7-17-16(21)6-5-14(19)12-18-24/h18H,1,3-12,24H2,2H3,(H,17,21). The normalized spacial score (nSPS) is 10.4. The van der Waals surface area contributed by atoms with Gasteiger partial charge in [0.05, 0.1) is 26.4 Å². The van der Waals surface area contributed by atoms with E-state index in [4.69, 9.17) is 9.47 Å². The molecular formula is C16H29N2O5P. The molecule has 0 aromatic rings. The number of nitrogens with one attached hydrogen (secondary N) is 2. The quantitative estimate of drug-likeness (QED) is 0.240. The summed E-state index contributed by atoms with van der Waals surface area (Å²) in [5.74, 6) is -0.0928. The number of amides is 1. The predicted octanol–water partition coefficient (Wildman–Crippen LogP) is 0.790. The second kappa shape index (κ2) is 15.4. The van der Waals surface area contributed by atoms with Crippen LogP contribution >= 0.6 is 9.39 Å². The van der Waals surface area contributed by atoms with E-state index in [-0.39, 0.29) is 36.9 Å². The molecule has 0 aromatic carbocycles. The SMILES string of the molecule is C=C(C)C(=O)CCCOCCOCCNC(=O)CCC(=O)CNP. The first-order chi connectivity index (χ1) is 11.5. The van der Waals surface area contributed by atoms with E-state index >= 15 is 0 Å². The zero-order valence-electron chi connectivity index (χ0n) is 14.4. The molecule has 2 N–H and O–H groups in total. The maximum absolute atomic E-state index is 11.5. The fraction of sp³-hybridized carbons (Fsp3) is 0.688. The minimum atomic E-state index is -0.158. The van der Waals surface area contributed by atoms with Crippen LogP contribution in [0, 0.1) is 0 Å². The van der Waals surface area contributed by atoms with Crippen molar-refractivity contribution in [1.29, 1.82) is 0 Å². The topological polar surface area (TPSA) is 93.7 Å². The van der Waals surface area contributed by atoms with Crippen LogP contribution in [-0.2, 0) is 23.9 Å². The van der Waals surface area contributed by atoms with E-state index in [1.807, 2.05) is 0 Å². The van der Waals surface area contributed by atoms with Crippen LogP contribution in [0.15, 0.2) is 12.2 Å². The van der Waals surface area contributed by atoms with E-state index in [1.54, 1.807) is 6.92 Å². The number of hydrogen-bond donors (Lipinski definition) is 2. The number of rotatable bonds is 16. The lowest BCUT2D eigenvalue weighted by atomic mass is 10.1. The van der Waals surface area contributed by atoms with Crippen LogP contribution in [0.4, 0.5) is 0 Å². The molecule has 1 unspecified atom stereocenters. The first-order valence-corrected chi connectivity index (χ1v) is 8.61. The second-order valence-corrected chi connectivity index (χ2v) is 5.71. The van der Waals surface area contributed by atoms with Gasteiger partial charge >= 0.3 is 0 Å². The smallest absolute Gasteiger partial charge is 0.220 e. The number of allylic oxidation sites excluding steroid dienone is 1. The van der Waals surface area contributed by atoms with Crippen molar-refractivity contribution in [3.05, 3.63) is 12.2 Å². The molecule has 1 atom stereocenters. The molecule has 0 aliphatic rings. The molecule has 0 aromatic heterocycles. The van der Waals surface area contributed by atoms with Gasteiger partial charge in [-0.1, -0.05) is 16.0 Å². The van der Waals surface area contributed by atoms with Crippen molar-refractivity contribution in [3.63, 3.8) is 0 Å². The van der Waals surface area contributed by atoms with E-state index < -0.39 is 0 Å². The zero-order chi connectivity index (χ0) is 18.2. The molecule has 0 bridgehead atoms. The fourth-order valence-corrected chi connectivity index (χ4v) is 1.90. The summed E-state index contributed by atoms with van der Waals surface area (Å²) in [4.78, 5) is 34.0. The first kappa shape index (κ1) is 22.9. The van der Waals surface area contributed by atoms with Crippen molar-refractivity contribution < 1.29 is 23.9 Å². The van der Waals surface area contributed by atoms with Crippen LogP contribution in [0.1, 0.15) is 32.6 Å². The largest absolute Gasteiger partial charge is 0.379 e. The summed E-state index contributed by atoms with van der Waals surface area (Å²) in [5.41, 5.74) is 0.575. The van der Waals surface area contributed by atoms with Crippen LogP contribution < -0.4 is 10.4 Å². The van der Waals surface area contributed by atoms with Crippen LogP contribution in [-0.4, -0.2) is 57.0 Å². The Labute approximate surface area is 146 Å². The lowest BCUT2D eigenvalue weighted by molar-refractivity contribution is -0.125. The van der Waals surface area contributed by atoms with Gasteiger partial charge in [-0.2, -0.15) is 0 Å². The van der Waals surface area contributed by atoms with E-state index in [2.05, 4.69) is 26.4 Å². The Kier molecular flexibility index (Phi) is 14.7. The van der Waals surface area contributed by atoms with E-state index in [0.29, 0.717) is 51.4 Å². The predicted molar refractivity (Wildman–Crippen MR) is 95.7 cm³/mol. The summed E-state index contributed by atoms with van der Waals surface area (Å²) >= 11 is 0. The van der Waals surface area contributed by atoms with Crippen molar-refractivity contribution in [2.24, 2.45) is 0 Å². The van der Waals surface area contributed by atoms with Crippen LogP contribution in [0.3, 0.4) is 0 Å². The molecule has 0 saturated carbocycles. The third kappa shape index (κ3) is 14.5. The highest BCUT2D eigenvalue weighted by Crippen LogP contribution is 1.99. The van der Waals surface area contributed by atoms with Gasteiger partial charge in [-0.05, 0) is 18.9 Å². The summed E-state index contributed by atoms with van der Waals surface area (Å²) in [6, 6.07) is 0. The Morgan fingerprint density at radius 2 is 1.67 bits per heavy atom. The molecule has 0 radical (unpaired) electrons. The van der Waals surface area contributed by atoms with E-state index in [9.17, 15) is 14.4 Å². The van der Waals surface area contributed by atoms with Gasteiger partial charge < -0.3 is 14.8 Å².